The molecule has 2 aliphatic heterocycles. The molecule has 1 aromatic rings. The number of rotatable bonds is 6. The largest absolute Gasteiger partial charge is 0.353 e. The Morgan fingerprint density at radius 1 is 1.15 bits per heavy atom. The van der Waals surface area contributed by atoms with Gasteiger partial charge in [-0.3, -0.25) is 14.5 Å². The Labute approximate surface area is 166 Å². The van der Waals surface area contributed by atoms with Crippen LogP contribution in [-0.2, 0) is 16.0 Å². The summed E-state index contributed by atoms with van der Waals surface area (Å²) in [6, 6.07) is 7.91. The summed E-state index contributed by atoms with van der Waals surface area (Å²) in [7, 11) is 0. The highest BCUT2D eigenvalue weighted by molar-refractivity contribution is 6.30. The van der Waals surface area contributed by atoms with Gasteiger partial charge in [-0.25, -0.2) is 0 Å². The number of hydrogen-bond donors (Lipinski definition) is 2. The number of nitrogens with one attached hydrogen (secondary N) is 2. The fraction of sp³-hybridized carbons (Fsp3) is 0.600. The Morgan fingerprint density at radius 3 is 2.30 bits per heavy atom. The summed E-state index contributed by atoms with van der Waals surface area (Å²) in [5, 5.41) is 6.90. The number of hydrogen-bond acceptors (Lipinski definition) is 4. The van der Waals surface area contributed by atoms with Crippen LogP contribution in [-0.4, -0.2) is 73.5 Å². The third-order valence-electron chi connectivity index (χ3n) is 5.31. The van der Waals surface area contributed by atoms with Crippen molar-refractivity contribution in [3.63, 3.8) is 0 Å². The van der Waals surface area contributed by atoms with Crippen LogP contribution in [0.5, 0.6) is 0 Å². The van der Waals surface area contributed by atoms with Crippen molar-refractivity contribution in [2.45, 2.75) is 26.3 Å². The SMILES string of the molecule is CC(C)NC(=O)CN1CCN(C(=O)C2(Cc3ccc(Cl)cc3)CNC2)CC1. The maximum absolute atomic E-state index is 13.2. The Bertz CT molecular complexity index is 665. The predicted octanol–water partition coefficient (Wildman–Crippen LogP) is 1.14. The van der Waals surface area contributed by atoms with Crippen molar-refractivity contribution < 1.29 is 9.59 Å². The molecule has 0 aromatic heterocycles. The van der Waals surface area contributed by atoms with Gasteiger partial charge < -0.3 is 15.5 Å². The molecule has 1 aromatic carbocycles. The average Bonchev–Trinajstić information content (AvgIpc) is 2.59. The lowest BCUT2D eigenvalue weighted by Gasteiger charge is -2.46. The summed E-state index contributed by atoms with van der Waals surface area (Å²) < 4.78 is 0. The minimum atomic E-state index is -0.356. The average molecular weight is 393 g/mol. The molecule has 3 rings (SSSR count). The molecule has 2 heterocycles. The third-order valence-corrected chi connectivity index (χ3v) is 5.56. The highest BCUT2D eigenvalue weighted by Gasteiger charge is 2.46. The van der Waals surface area contributed by atoms with Gasteiger partial charge in [-0.05, 0) is 38.0 Å². The van der Waals surface area contributed by atoms with Gasteiger partial charge in [0.25, 0.3) is 0 Å². The lowest BCUT2D eigenvalue weighted by molar-refractivity contribution is -0.147. The zero-order chi connectivity index (χ0) is 19.4. The van der Waals surface area contributed by atoms with Crippen LogP contribution in [0.25, 0.3) is 0 Å². The van der Waals surface area contributed by atoms with Crippen LogP contribution in [0.15, 0.2) is 24.3 Å². The first-order valence-electron chi connectivity index (χ1n) is 9.64. The molecular formula is C20H29ClN4O2. The van der Waals surface area contributed by atoms with Crippen molar-refractivity contribution in [2.24, 2.45) is 5.41 Å². The molecule has 2 saturated heterocycles. The van der Waals surface area contributed by atoms with Gasteiger partial charge in [-0.2, -0.15) is 0 Å². The molecule has 6 nitrogen and oxygen atoms in total. The number of benzene rings is 1. The lowest BCUT2D eigenvalue weighted by atomic mass is 9.75. The standard InChI is InChI=1S/C20H29ClN4O2/c1-15(2)23-18(26)12-24-7-9-25(10-8-24)19(27)20(13-22-14-20)11-16-3-5-17(21)6-4-16/h3-6,15,22H,7-14H2,1-2H3,(H,23,26). The summed E-state index contributed by atoms with van der Waals surface area (Å²) in [6.07, 6.45) is 0.729. The Kier molecular flexibility index (Phi) is 6.40. The quantitative estimate of drug-likeness (QED) is 0.762. The predicted molar refractivity (Wildman–Crippen MR) is 107 cm³/mol. The molecule has 148 valence electrons. The summed E-state index contributed by atoms with van der Waals surface area (Å²) in [4.78, 5) is 29.2. The molecular weight excluding hydrogens is 364 g/mol. The number of amides is 2. The molecule has 0 spiro atoms. The van der Waals surface area contributed by atoms with Crippen LogP contribution < -0.4 is 10.6 Å². The summed E-state index contributed by atoms with van der Waals surface area (Å²) in [5.74, 6) is 0.273. The summed E-state index contributed by atoms with van der Waals surface area (Å²) >= 11 is 5.97. The van der Waals surface area contributed by atoms with Crippen molar-refractivity contribution in [1.29, 1.82) is 0 Å². The minimum Gasteiger partial charge on any atom is -0.353 e. The van der Waals surface area contributed by atoms with E-state index in [1.807, 2.05) is 43.0 Å². The number of carbonyl (C=O) groups is 2. The molecule has 0 aliphatic carbocycles. The first-order valence-corrected chi connectivity index (χ1v) is 10.0. The molecule has 0 atom stereocenters. The number of halogens is 1. The van der Waals surface area contributed by atoms with Gasteiger partial charge in [-0.15, -0.1) is 0 Å². The second-order valence-corrected chi connectivity index (χ2v) is 8.41. The molecule has 0 bridgehead atoms. The van der Waals surface area contributed by atoms with Crippen molar-refractivity contribution in [3.8, 4) is 0 Å². The molecule has 2 N–H and O–H groups in total. The number of piperazine rings is 1. The van der Waals surface area contributed by atoms with Gasteiger partial charge in [0.05, 0.1) is 12.0 Å². The Balaban J connectivity index is 1.54. The van der Waals surface area contributed by atoms with Crippen LogP contribution in [0, 0.1) is 5.41 Å². The van der Waals surface area contributed by atoms with E-state index in [0.29, 0.717) is 37.7 Å². The van der Waals surface area contributed by atoms with E-state index in [1.165, 1.54) is 0 Å². The van der Waals surface area contributed by atoms with Crippen LogP contribution >= 0.6 is 11.6 Å². The fourth-order valence-electron chi connectivity index (χ4n) is 3.79. The van der Waals surface area contributed by atoms with Crippen LogP contribution in [0.3, 0.4) is 0 Å². The van der Waals surface area contributed by atoms with Crippen molar-refractivity contribution in [1.82, 2.24) is 20.4 Å². The zero-order valence-corrected chi connectivity index (χ0v) is 16.9. The topological polar surface area (TPSA) is 64.7 Å². The van der Waals surface area contributed by atoms with E-state index in [4.69, 9.17) is 11.6 Å². The Morgan fingerprint density at radius 2 is 1.78 bits per heavy atom. The molecule has 7 heteroatoms. The smallest absolute Gasteiger partial charge is 0.234 e. The van der Waals surface area contributed by atoms with Crippen molar-refractivity contribution >= 4 is 23.4 Å². The van der Waals surface area contributed by atoms with Crippen molar-refractivity contribution in [3.05, 3.63) is 34.9 Å². The summed E-state index contributed by atoms with van der Waals surface area (Å²) in [6.45, 7) is 8.58. The van der Waals surface area contributed by atoms with Gasteiger partial charge in [0.15, 0.2) is 0 Å². The molecule has 0 radical (unpaired) electrons. The first kappa shape index (κ1) is 20.1. The molecule has 2 fully saturated rings. The van der Waals surface area contributed by atoms with Gasteiger partial charge in [-0.1, -0.05) is 23.7 Å². The van der Waals surface area contributed by atoms with Gasteiger partial charge in [0, 0.05) is 50.3 Å². The highest BCUT2D eigenvalue weighted by Crippen LogP contribution is 2.31. The first-order chi connectivity index (χ1) is 12.9. The molecule has 2 aliphatic rings. The van der Waals surface area contributed by atoms with E-state index < -0.39 is 0 Å². The van der Waals surface area contributed by atoms with E-state index >= 15 is 0 Å². The second-order valence-electron chi connectivity index (χ2n) is 7.98. The van der Waals surface area contributed by atoms with E-state index in [0.717, 1.165) is 25.1 Å². The lowest BCUT2D eigenvalue weighted by Crippen LogP contribution is -2.65. The van der Waals surface area contributed by atoms with Crippen LogP contribution in [0.4, 0.5) is 0 Å². The zero-order valence-electron chi connectivity index (χ0n) is 16.1. The number of carbonyl (C=O) groups excluding carboxylic acids is 2. The molecule has 27 heavy (non-hydrogen) atoms. The third kappa shape index (κ3) is 5.00. The minimum absolute atomic E-state index is 0.0483. The number of nitrogens with zero attached hydrogens (tertiary/aromatic N) is 2. The fourth-order valence-corrected chi connectivity index (χ4v) is 3.91. The van der Waals surface area contributed by atoms with E-state index in [1.54, 1.807) is 0 Å². The van der Waals surface area contributed by atoms with E-state index in [9.17, 15) is 9.59 Å². The maximum atomic E-state index is 13.2. The maximum Gasteiger partial charge on any atom is 0.234 e. The highest BCUT2D eigenvalue weighted by atomic mass is 35.5. The second kappa shape index (κ2) is 8.59. The normalized spacial score (nSPS) is 19.6. The molecule has 0 saturated carbocycles. The van der Waals surface area contributed by atoms with Crippen LogP contribution in [0.2, 0.25) is 5.02 Å². The van der Waals surface area contributed by atoms with Crippen molar-refractivity contribution in [2.75, 3.05) is 45.8 Å². The van der Waals surface area contributed by atoms with E-state index in [2.05, 4.69) is 15.5 Å². The monoisotopic (exact) mass is 392 g/mol. The molecule has 2 amide bonds. The van der Waals surface area contributed by atoms with Gasteiger partial charge in [0.1, 0.15) is 0 Å². The van der Waals surface area contributed by atoms with Gasteiger partial charge >= 0.3 is 0 Å². The van der Waals surface area contributed by atoms with E-state index in [-0.39, 0.29) is 23.3 Å². The Hall–Kier alpha value is -1.63. The van der Waals surface area contributed by atoms with Crippen LogP contribution in [0.1, 0.15) is 19.4 Å². The van der Waals surface area contributed by atoms with Gasteiger partial charge in [0.2, 0.25) is 11.8 Å². The molecule has 0 unspecified atom stereocenters. The summed E-state index contributed by atoms with van der Waals surface area (Å²) in [5.41, 5.74) is 0.781.